The predicted molar refractivity (Wildman–Crippen MR) is 473 cm³/mol. The first-order chi connectivity index (χ1) is 57.9. The van der Waals surface area contributed by atoms with Crippen molar-refractivity contribution >= 4 is 126 Å². The van der Waals surface area contributed by atoms with Gasteiger partial charge in [0.15, 0.2) is 0 Å². The maximum atomic E-state index is 14.1. The SMILES string of the molecule is CC1CCC(O)CC1.CC1CCC(Oc2ccc3cc(B(O)O)ccc3c2C(F)(F)F)CC1.CC1CCC(Oc2ccc3cc(Br)ccc3c2)CC1.CC1CCC(Oc2ccc3cc(Br)ccc3c2C(F)(F)F)CC1.CC1CCC(Oc2ccc3cc(C(C(=O)O)N4CCC(C(=O)O)CC4)ccc3c2C(F)(F)F)CC1.Oc1ccc2cc(Br)ccc2c1. The van der Waals surface area contributed by atoms with Crippen molar-refractivity contribution in [2.45, 2.75) is 231 Å². The molecule has 656 valence electrons. The summed E-state index contributed by atoms with van der Waals surface area (Å²) in [4.78, 5) is 25.0. The summed E-state index contributed by atoms with van der Waals surface area (Å²) in [5.74, 6) is 1.87. The van der Waals surface area contributed by atoms with Crippen LogP contribution in [0.1, 0.15) is 204 Å². The van der Waals surface area contributed by atoms with Crippen molar-refractivity contribution in [2.75, 3.05) is 13.1 Å². The smallest absolute Gasteiger partial charge is 0.488 e. The number of rotatable bonds is 13. The largest absolute Gasteiger partial charge is 0.508 e. The average molecular weight is 1890 g/mol. The van der Waals surface area contributed by atoms with Gasteiger partial charge in [-0.05, 0) is 321 Å². The van der Waals surface area contributed by atoms with E-state index >= 15 is 0 Å². The standard InChI is InChI=1S/C26H30F3NO5.C18H20BF3O3.C18H18BrF3O.C17H19BrO.C10H7BrO.C7H14O/c1-15-2-6-19(7-3-15)35-21-9-5-17-14-18(4-8-20(17)22(21)26(27,28)29)23(25(33)34)30-12-10-16(11-13-30)24(31)32;1-11-2-6-14(7-3-11)25-16-9-4-12-10-13(19(23)24)5-8-15(12)17(16)18(20,21)22;1-11-2-6-14(7-3-11)23-16-9-4-12-10-13(19)5-8-15(12)17(16)18(20,21)22;1-12-2-7-16(8-3-12)19-17-9-5-13-10-15(18)6-4-14(13)11-17;11-9-3-1-8-6-10(12)4-2-7(8)5-9;1-6-2-4-7(8)5-3-6/h4-5,8-9,14-16,19,23H,2-3,6-7,10-13H2,1H3,(H,31,32)(H,33,34);4-5,8-11,14,23-24H,2-3,6-7H2,1H3;4-5,8-11,14H,2-3,6-7H2,1H3;4-6,9-12,16H,2-3,7-8H2,1H3;1-6,12H;6-8H,2-5H2,1H3. The molecular weight excluding hydrogens is 1780 g/mol. The summed E-state index contributed by atoms with van der Waals surface area (Å²) in [6.07, 6.45) is 6.69. The summed E-state index contributed by atoms with van der Waals surface area (Å²) >= 11 is 10.2. The highest BCUT2D eigenvalue weighted by Gasteiger charge is 2.42. The van der Waals surface area contributed by atoms with E-state index in [4.69, 9.17) is 24.1 Å². The molecule has 1 atom stereocenters. The van der Waals surface area contributed by atoms with Gasteiger partial charge in [0.05, 0.1) is 36.4 Å². The molecule has 10 aromatic rings. The van der Waals surface area contributed by atoms with Crippen molar-refractivity contribution in [3.8, 4) is 28.7 Å². The van der Waals surface area contributed by atoms with Crippen LogP contribution < -0.4 is 24.4 Å². The number of phenols is 1. The number of aliphatic hydroxyl groups is 1. The lowest BCUT2D eigenvalue weighted by Crippen LogP contribution is -2.41. The number of carboxylic acids is 2. The van der Waals surface area contributed by atoms with Gasteiger partial charge in [0.2, 0.25) is 0 Å². The fraction of sp³-hybridized carbons (Fsp3) is 0.458. The third-order valence-electron chi connectivity index (χ3n) is 24.5. The van der Waals surface area contributed by atoms with Crippen LogP contribution in [0.2, 0.25) is 0 Å². The van der Waals surface area contributed by atoms with Crippen LogP contribution in [0.5, 0.6) is 28.7 Å². The summed E-state index contributed by atoms with van der Waals surface area (Å²) in [5.41, 5.74) is -1.80. The maximum Gasteiger partial charge on any atom is 0.488 e. The summed E-state index contributed by atoms with van der Waals surface area (Å²) in [6.45, 7) is 11.6. The highest BCUT2D eigenvalue weighted by atomic mass is 79.9. The molecule has 0 amide bonds. The Kier molecular flexibility index (Phi) is 33.3. The van der Waals surface area contributed by atoms with Gasteiger partial charge in [0.25, 0.3) is 0 Å². The second-order valence-electron chi connectivity index (χ2n) is 34.1. The van der Waals surface area contributed by atoms with Gasteiger partial charge in [-0.2, -0.15) is 39.5 Å². The van der Waals surface area contributed by atoms with Crippen molar-refractivity contribution in [3.63, 3.8) is 0 Å². The molecule has 10 aromatic carbocycles. The number of aliphatic hydroxyl groups excluding tert-OH is 1. The number of hydrogen-bond donors (Lipinski definition) is 6. The van der Waals surface area contributed by atoms with Crippen molar-refractivity contribution in [3.05, 3.63) is 199 Å². The van der Waals surface area contributed by atoms with E-state index in [-0.39, 0.29) is 81.8 Å². The Morgan fingerprint density at radius 1 is 0.385 bits per heavy atom. The van der Waals surface area contributed by atoms with E-state index in [2.05, 4.69) is 119 Å². The summed E-state index contributed by atoms with van der Waals surface area (Å²) in [6, 6.07) is 44.8. The molecule has 0 radical (unpaired) electrons. The fourth-order valence-electron chi connectivity index (χ4n) is 17.2. The molecule has 5 saturated carbocycles. The Balaban J connectivity index is 0.000000150. The highest BCUT2D eigenvalue weighted by Crippen LogP contribution is 2.48. The van der Waals surface area contributed by atoms with Crippen molar-refractivity contribution < 1.29 is 98.5 Å². The second kappa shape index (κ2) is 42.9. The van der Waals surface area contributed by atoms with E-state index in [9.17, 15) is 74.5 Å². The first-order valence-corrected chi connectivity index (χ1v) is 44.8. The first kappa shape index (κ1) is 94.8. The number of aromatic hydroxyl groups is 1. The van der Waals surface area contributed by atoms with Gasteiger partial charge in [-0.1, -0.05) is 161 Å². The first-order valence-electron chi connectivity index (χ1n) is 42.4. The molecule has 13 nitrogen and oxygen atoms in total. The minimum absolute atomic E-state index is 0.00132. The summed E-state index contributed by atoms with van der Waals surface area (Å²) in [7, 11) is -1.72. The zero-order valence-corrected chi connectivity index (χ0v) is 73.9. The summed E-state index contributed by atoms with van der Waals surface area (Å²) in [5, 5.41) is 61.7. The van der Waals surface area contributed by atoms with Crippen LogP contribution in [0.4, 0.5) is 39.5 Å². The van der Waals surface area contributed by atoms with Crippen LogP contribution in [-0.4, -0.2) is 98.0 Å². The molecule has 122 heavy (non-hydrogen) atoms. The third-order valence-corrected chi connectivity index (χ3v) is 26.0. The number of likely N-dealkylation sites (tertiary alicyclic amines) is 1. The molecule has 6 aliphatic rings. The Bertz CT molecular complexity index is 5090. The predicted octanol–water partition coefficient (Wildman–Crippen LogP) is 26.2. The zero-order valence-electron chi connectivity index (χ0n) is 69.2. The van der Waals surface area contributed by atoms with Crippen LogP contribution in [0.3, 0.4) is 0 Å². The molecule has 1 aliphatic heterocycles. The summed E-state index contributed by atoms with van der Waals surface area (Å²) < 4.78 is 151. The van der Waals surface area contributed by atoms with Crippen LogP contribution in [0.25, 0.3) is 53.9 Å². The van der Waals surface area contributed by atoms with Gasteiger partial charge in [0, 0.05) is 26.5 Å². The van der Waals surface area contributed by atoms with E-state index in [1.807, 2.05) is 24.3 Å². The van der Waals surface area contributed by atoms with Gasteiger partial charge in [-0.15, -0.1) is 0 Å². The Morgan fingerprint density at radius 2 is 0.713 bits per heavy atom. The minimum Gasteiger partial charge on any atom is -0.508 e. The second-order valence-corrected chi connectivity index (χ2v) is 36.9. The van der Waals surface area contributed by atoms with E-state index in [0.717, 1.165) is 119 Å². The Labute approximate surface area is 732 Å². The monoisotopic (exact) mass is 1890 g/mol. The van der Waals surface area contributed by atoms with Crippen LogP contribution in [0.15, 0.2) is 177 Å². The Hall–Kier alpha value is -7.85. The quantitative estimate of drug-likeness (QED) is 0.0472. The lowest BCUT2D eigenvalue weighted by atomic mass is 9.79. The lowest BCUT2D eigenvalue weighted by Gasteiger charge is -2.34. The van der Waals surface area contributed by atoms with Crippen molar-refractivity contribution in [1.82, 2.24) is 4.90 Å². The van der Waals surface area contributed by atoms with E-state index in [0.29, 0.717) is 71.6 Å². The number of aliphatic carboxylic acids is 2. The van der Waals surface area contributed by atoms with Gasteiger partial charge < -0.3 is 49.4 Å². The third kappa shape index (κ3) is 26.6. The normalized spacial score (nSPS) is 22.5. The number of fused-ring (bicyclic) bond motifs is 5. The average Bonchev–Trinajstić information content (AvgIpc) is 0.765. The number of nitrogens with zero attached hydrogens (tertiary/aromatic N) is 1. The van der Waals surface area contributed by atoms with Crippen LogP contribution >= 0.6 is 47.8 Å². The van der Waals surface area contributed by atoms with Gasteiger partial charge in [-0.3, -0.25) is 14.5 Å². The number of benzene rings is 10. The molecule has 0 bridgehead atoms. The molecular formula is C96H108BBr3F9NO12. The lowest BCUT2D eigenvalue weighted by molar-refractivity contribution is -0.147. The minimum atomic E-state index is -4.64. The number of halogens is 12. The molecule has 5 aliphatic carbocycles. The topological polar surface area (TPSA) is 196 Å². The Morgan fingerprint density at radius 3 is 1.11 bits per heavy atom. The number of alkyl halides is 9. The number of phenolic OH excluding ortho intramolecular Hbond substituents is 1. The molecule has 26 heteroatoms. The number of ether oxygens (including phenoxy) is 4. The molecule has 1 saturated heterocycles. The number of piperidine rings is 1. The van der Waals surface area contributed by atoms with Crippen molar-refractivity contribution in [2.24, 2.45) is 35.5 Å². The van der Waals surface area contributed by atoms with E-state index in [1.54, 1.807) is 41.3 Å². The maximum absolute atomic E-state index is 14.1. The number of carbonyl (C=O) groups is 2. The van der Waals surface area contributed by atoms with E-state index in [1.165, 1.54) is 116 Å². The number of carboxylic acid groups (broad SMARTS) is 2. The van der Waals surface area contributed by atoms with Crippen molar-refractivity contribution in [1.29, 1.82) is 0 Å². The fourth-order valence-corrected chi connectivity index (χ4v) is 18.3. The van der Waals surface area contributed by atoms with Crippen LogP contribution in [-0.2, 0) is 28.1 Å². The van der Waals surface area contributed by atoms with Gasteiger partial charge >= 0.3 is 37.6 Å². The highest BCUT2D eigenvalue weighted by molar-refractivity contribution is 9.11. The zero-order chi connectivity index (χ0) is 87.9. The molecule has 0 aromatic heterocycles. The number of hydrogen-bond acceptors (Lipinski definition) is 11. The molecule has 6 fully saturated rings. The molecule has 16 rings (SSSR count). The molecule has 1 heterocycles. The molecule has 0 spiro atoms. The molecule has 1 unspecified atom stereocenters. The molecule has 6 N–H and O–H groups in total. The van der Waals surface area contributed by atoms with Crippen LogP contribution in [0, 0.1) is 35.5 Å². The van der Waals surface area contributed by atoms with Gasteiger partial charge in [0.1, 0.15) is 51.5 Å². The van der Waals surface area contributed by atoms with Gasteiger partial charge in [-0.25, -0.2) is 0 Å². The van der Waals surface area contributed by atoms with E-state index < -0.39 is 66.2 Å².